The number of likely N-dealkylation sites (N-methyl/N-ethyl adjacent to an activating group) is 1. The molecule has 0 aromatic rings. The van der Waals surface area contributed by atoms with Gasteiger partial charge in [-0.2, -0.15) is 0 Å². The second-order valence-electron chi connectivity index (χ2n) is 19.9. The van der Waals surface area contributed by atoms with Crippen LogP contribution in [0.15, 0.2) is 60.8 Å². The summed E-state index contributed by atoms with van der Waals surface area (Å²) >= 11 is 0. The molecule has 0 spiro atoms. The van der Waals surface area contributed by atoms with Gasteiger partial charge in [0.1, 0.15) is 19.3 Å². The van der Waals surface area contributed by atoms with Gasteiger partial charge in [0.05, 0.1) is 34.4 Å². The number of allylic oxidation sites excluding steroid dienone is 10. The number of hydrogen-bond acceptors (Lipinski definition) is 7. The molecule has 392 valence electrons. The maximum atomic E-state index is 12.8. The fourth-order valence-electron chi connectivity index (χ4n) is 7.81. The maximum absolute atomic E-state index is 12.8. The third-order valence-electron chi connectivity index (χ3n) is 12.1. The molecular weight excluding hydrogens is 854 g/mol. The number of phosphoric ester groups is 1. The van der Waals surface area contributed by atoms with E-state index in [9.17, 15) is 14.3 Å². The lowest BCUT2D eigenvalue weighted by molar-refractivity contribution is -0.870. The van der Waals surface area contributed by atoms with Gasteiger partial charge in [-0.05, 0) is 57.8 Å². The van der Waals surface area contributed by atoms with Crippen molar-refractivity contribution in [2.24, 2.45) is 0 Å². The van der Waals surface area contributed by atoms with Crippen LogP contribution in [-0.2, 0) is 27.9 Å². The van der Waals surface area contributed by atoms with Gasteiger partial charge in [-0.1, -0.05) is 242 Å². The number of quaternary nitrogens is 1. The Balaban J connectivity index is 4.11. The first-order chi connectivity index (χ1) is 32.6. The van der Waals surface area contributed by atoms with Crippen molar-refractivity contribution in [2.45, 2.75) is 251 Å². The normalized spacial score (nSPS) is 13.9. The third-order valence-corrected chi connectivity index (χ3v) is 13.0. The summed E-state index contributed by atoms with van der Waals surface area (Å²) in [5.74, 6) is -0.336. The number of esters is 1. The zero-order chi connectivity index (χ0) is 49.0. The number of unbranched alkanes of at least 4 members (excludes halogenated alkanes) is 28. The fraction of sp³-hybridized carbons (Fsp3) is 0.810. The van der Waals surface area contributed by atoms with Gasteiger partial charge < -0.3 is 27.9 Å². The molecule has 0 saturated heterocycles. The minimum Gasteiger partial charge on any atom is -0.756 e. The lowest BCUT2D eigenvalue weighted by Gasteiger charge is -2.28. The fourth-order valence-corrected chi connectivity index (χ4v) is 8.54. The van der Waals surface area contributed by atoms with Crippen molar-refractivity contribution < 1.29 is 37.3 Å². The Morgan fingerprint density at radius 3 is 1.30 bits per heavy atom. The van der Waals surface area contributed by atoms with Crippen LogP contribution in [0, 0.1) is 0 Å². The summed E-state index contributed by atoms with van der Waals surface area (Å²) in [4.78, 5) is 25.2. The lowest BCUT2D eigenvalue weighted by atomic mass is 10.0. The zero-order valence-electron chi connectivity index (χ0n) is 44.6. The van der Waals surface area contributed by atoms with Crippen molar-refractivity contribution in [1.82, 2.24) is 0 Å². The topological polar surface area (TPSA) is 94.1 Å². The van der Waals surface area contributed by atoms with Crippen molar-refractivity contribution in [3.8, 4) is 0 Å². The minimum absolute atomic E-state index is 0.0220. The molecule has 0 rings (SSSR count). The van der Waals surface area contributed by atoms with Gasteiger partial charge in [0.25, 0.3) is 7.82 Å². The molecule has 0 heterocycles. The standard InChI is InChI=1S/C58H108NO7P/c1-6-8-10-12-14-16-18-20-22-24-26-28-30-31-33-35-37-39-41-43-45-47-49-51-58(60)66-57(56-65-67(61,62)64-54-52-59(3,4)5)55-63-53-50-48-46-44-42-40-38-36-34-32-29-27-25-23-21-19-17-15-13-11-9-7-2/h9,11,15,17,21,23,27,29,34,36,57H,6-8,10,12-14,16,18-20,22,24-26,28,30-33,35,37-56H2,1-5H3/b11-9-,17-15-,23-21-,29-27-,36-34-. The Hall–Kier alpha value is -1.80. The van der Waals surface area contributed by atoms with Crippen LogP contribution in [-0.4, -0.2) is 70.7 Å². The largest absolute Gasteiger partial charge is 0.756 e. The number of ether oxygens (including phenoxy) is 2. The van der Waals surface area contributed by atoms with Crippen LogP contribution >= 0.6 is 7.82 Å². The Morgan fingerprint density at radius 2 is 0.866 bits per heavy atom. The van der Waals surface area contributed by atoms with E-state index in [1.54, 1.807) is 0 Å². The molecule has 9 heteroatoms. The van der Waals surface area contributed by atoms with Gasteiger partial charge in [0.15, 0.2) is 0 Å². The van der Waals surface area contributed by atoms with Crippen molar-refractivity contribution in [1.29, 1.82) is 0 Å². The average Bonchev–Trinajstić information content (AvgIpc) is 3.29. The first-order valence-electron chi connectivity index (χ1n) is 28.0. The van der Waals surface area contributed by atoms with Crippen LogP contribution in [0.3, 0.4) is 0 Å². The van der Waals surface area contributed by atoms with Crippen LogP contribution < -0.4 is 4.89 Å². The van der Waals surface area contributed by atoms with E-state index in [-0.39, 0.29) is 25.8 Å². The Labute approximate surface area is 415 Å². The SMILES string of the molecule is CC/C=C\C/C=C\C/C=C\C/C=C\C/C=C\CCCCCCCCOCC(COP(=O)([O-])OCC[N+](C)(C)C)OC(=O)CCCCCCCCCCCCCCCCCCCCCCCCC. The first-order valence-corrected chi connectivity index (χ1v) is 29.5. The van der Waals surface area contributed by atoms with Gasteiger partial charge in [0.2, 0.25) is 0 Å². The number of carbonyl (C=O) groups is 1. The van der Waals surface area contributed by atoms with E-state index in [1.165, 1.54) is 148 Å². The van der Waals surface area contributed by atoms with Crippen LogP contribution in [0.4, 0.5) is 0 Å². The summed E-state index contributed by atoms with van der Waals surface area (Å²) in [5, 5.41) is 0. The van der Waals surface area contributed by atoms with E-state index >= 15 is 0 Å². The molecule has 0 amide bonds. The average molecular weight is 962 g/mol. The molecule has 0 aliphatic carbocycles. The third kappa shape index (κ3) is 55.0. The number of hydrogen-bond donors (Lipinski definition) is 0. The van der Waals surface area contributed by atoms with Gasteiger partial charge in [-0.3, -0.25) is 9.36 Å². The van der Waals surface area contributed by atoms with E-state index in [0.717, 1.165) is 77.0 Å². The number of phosphoric acid groups is 1. The summed E-state index contributed by atoms with van der Waals surface area (Å²) in [6, 6.07) is 0. The summed E-state index contributed by atoms with van der Waals surface area (Å²) in [7, 11) is 1.35. The van der Waals surface area contributed by atoms with Crippen LogP contribution in [0.5, 0.6) is 0 Å². The highest BCUT2D eigenvalue weighted by Gasteiger charge is 2.20. The molecule has 0 saturated carbocycles. The molecule has 67 heavy (non-hydrogen) atoms. The number of rotatable bonds is 52. The van der Waals surface area contributed by atoms with Crippen LogP contribution in [0.25, 0.3) is 0 Å². The van der Waals surface area contributed by atoms with Crippen LogP contribution in [0.2, 0.25) is 0 Å². The predicted octanol–water partition coefficient (Wildman–Crippen LogP) is 17.0. The summed E-state index contributed by atoms with van der Waals surface area (Å²) < 4.78 is 34.8. The lowest BCUT2D eigenvalue weighted by Crippen LogP contribution is -2.37. The molecule has 0 aliphatic rings. The Bertz CT molecular complexity index is 1260. The van der Waals surface area contributed by atoms with E-state index in [4.69, 9.17) is 18.5 Å². The molecule has 0 bridgehead atoms. The Morgan fingerprint density at radius 1 is 0.478 bits per heavy atom. The number of nitrogens with zero attached hydrogens (tertiary/aromatic N) is 1. The molecule has 8 nitrogen and oxygen atoms in total. The van der Waals surface area contributed by atoms with Crippen molar-refractivity contribution >= 4 is 13.8 Å². The smallest absolute Gasteiger partial charge is 0.306 e. The monoisotopic (exact) mass is 962 g/mol. The van der Waals surface area contributed by atoms with Crippen molar-refractivity contribution in [3.05, 3.63) is 60.8 Å². The van der Waals surface area contributed by atoms with E-state index in [1.807, 2.05) is 21.1 Å². The maximum Gasteiger partial charge on any atom is 0.306 e. The molecule has 0 aromatic heterocycles. The molecule has 0 aromatic carbocycles. The van der Waals surface area contributed by atoms with Gasteiger partial charge in [0, 0.05) is 13.0 Å². The molecule has 2 atom stereocenters. The molecule has 0 N–H and O–H groups in total. The second-order valence-corrected chi connectivity index (χ2v) is 21.3. The minimum atomic E-state index is -4.54. The van der Waals surface area contributed by atoms with E-state index in [0.29, 0.717) is 24.1 Å². The van der Waals surface area contributed by atoms with E-state index < -0.39 is 13.9 Å². The Kier molecular flexibility index (Phi) is 49.2. The predicted molar refractivity (Wildman–Crippen MR) is 286 cm³/mol. The van der Waals surface area contributed by atoms with Gasteiger partial charge >= 0.3 is 5.97 Å². The molecule has 0 fully saturated rings. The molecule has 0 radical (unpaired) electrons. The number of carbonyl (C=O) groups excluding carboxylic acids is 1. The highest BCUT2D eigenvalue weighted by atomic mass is 31.2. The van der Waals surface area contributed by atoms with E-state index in [2.05, 4.69) is 74.6 Å². The molecule has 0 aliphatic heterocycles. The zero-order valence-corrected chi connectivity index (χ0v) is 45.5. The van der Waals surface area contributed by atoms with Gasteiger partial charge in [-0.25, -0.2) is 0 Å². The molecular formula is C58H108NO7P. The van der Waals surface area contributed by atoms with Crippen molar-refractivity contribution in [2.75, 3.05) is 54.1 Å². The quantitative estimate of drug-likeness (QED) is 0.0197. The second kappa shape index (κ2) is 50.6. The van der Waals surface area contributed by atoms with Crippen LogP contribution in [0.1, 0.15) is 245 Å². The van der Waals surface area contributed by atoms with Crippen molar-refractivity contribution in [3.63, 3.8) is 0 Å². The highest BCUT2D eigenvalue weighted by molar-refractivity contribution is 7.45. The first kappa shape index (κ1) is 65.2. The molecule has 2 unspecified atom stereocenters. The summed E-state index contributed by atoms with van der Waals surface area (Å²) in [6.45, 7) is 5.30. The van der Waals surface area contributed by atoms with Gasteiger partial charge in [-0.15, -0.1) is 0 Å². The summed E-state index contributed by atoms with van der Waals surface area (Å²) in [5.41, 5.74) is 0. The summed E-state index contributed by atoms with van der Waals surface area (Å²) in [6.07, 6.45) is 65.4. The highest BCUT2D eigenvalue weighted by Crippen LogP contribution is 2.38.